The average molecular weight is 304 g/mol. The molecule has 0 saturated carbocycles. The van der Waals surface area contributed by atoms with Crippen LogP contribution < -0.4 is 10.0 Å². The second-order valence-corrected chi connectivity index (χ2v) is 7.79. The van der Waals surface area contributed by atoms with Gasteiger partial charge in [-0.3, -0.25) is 0 Å². The van der Waals surface area contributed by atoms with Gasteiger partial charge >= 0.3 is 0 Å². The van der Waals surface area contributed by atoms with Crippen LogP contribution in [-0.4, -0.2) is 32.8 Å². The zero-order chi connectivity index (χ0) is 14.3. The van der Waals surface area contributed by atoms with Crippen molar-refractivity contribution in [2.24, 2.45) is 0 Å². The highest BCUT2D eigenvalue weighted by atomic mass is 32.2. The van der Waals surface area contributed by atoms with Gasteiger partial charge < -0.3 is 5.32 Å². The van der Waals surface area contributed by atoms with Crippen molar-refractivity contribution in [1.29, 1.82) is 0 Å². The van der Waals surface area contributed by atoms with Crippen molar-refractivity contribution >= 4 is 21.4 Å². The number of thiophene rings is 1. The van der Waals surface area contributed by atoms with Crippen LogP contribution in [0.25, 0.3) is 0 Å². The predicted octanol–water partition coefficient (Wildman–Crippen LogP) is 1.99. The third-order valence-corrected chi connectivity index (χ3v) is 4.96. The summed E-state index contributed by atoms with van der Waals surface area (Å²) in [6, 6.07) is 2.37. The fourth-order valence-corrected chi connectivity index (χ4v) is 3.84. The van der Waals surface area contributed by atoms with Crippen LogP contribution in [0.5, 0.6) is 0 Å². The summed E-state index contributed by atoms with van der Waals surface area (Å²) in [7, 11) is -3.17. The van der Waals surface area contributed by atoms with Gasteiger partial charge in [0, 0.05) is 12.1 Å². The number of sulfonamides is 1. The van der Waals surface area contributed by atoms with E-state index in [1.165, 1.54) is 5.56 Å². The molecule has 1 aromatic heterocycles. The van der Waals surface area contributed by atoms with Gasteiger partial charge in [-0.15, -0.1) is 0 Å². The largest absolute Gasteiger partial charge is 0.314 e. The molecular weight excluding hydrogens is 280 g/mol. The van der Waals surface area contributed by atoms with Crippen LogP contribution in [0.1, 0.15) is 32.8 Å². The highest BCUT2D eigenvalue weighted by Crippen LogP contribution is 2.09. The van der Waals surface area contributed by atoms with Crippen LogP contribution in [0, 0.1) is 0 Å². The van der Waals surface area contributed by atoms with Gasteiger partial charge in [0.25, 0.3) is 0 Å². The maximum atomic E-state index is 11.9. The highest BCUT2D eigenvalue weighted by Gasteiger charge is 2.14. The SMILES string of the molecule is CC(C)NCCCS(=O)(=O)NC(C)Cc1ccsc1. The van der Waals surface area contributed by atoms with Crippen molar-refractivity contribution < 1.29 is 8.42 Å². The topological polar surface area (TPSA) is 58.2 Å². The highest BCUT2D eigenvalue weighted by molar-refractivity contribution is 7.89. The normalized spacial score (nSPS) is 13.9. The van der Waals surface area contributed by atoms with Crippen LogP contribution in [0.15, 0.2) is 16.8 Å². The molecule has 0 aliphatic carbocycles. The molecule has 0 amide bonds. The Morgan fingerprint density at radius 2 is 2.05 bits per heavy atom. The van der Waals surface area contributed by atoms with Gasteiger partial charge in [-0.25, -0.2) is 13.1 Å². The summed E-state index contributed by atoms with van der Waals surface area (Å²) in [5.74, 6) is 0.181. The van der Waals surface area contributed by atoms with Crippen molar-refractivity contribution in [2.45, 2.75) is 45.7 Å². The molecule has 0 radical (unpaired) electrons. The van der Waals surface area contributed by atoms with Gasteiger partial charge in [0.05, 0.1) is 5.75 Å². The molecule has 0 fully saturated rings. The number of hydrogen-bond donors (Lipinski definition) is 2. The van der Waals surface area contributed by atoms with Crippen molar-refractivity contribution in [3.63, 3.8) is 0 Å². The summed E-state index contributed by atoms with van der Waals surface area (Å²) in [6.45, 7) is 6.74. The lowest BCUT2D eigenvalue weighted by atomic mass is 10.1. The third-order valence-electron chi connectivity index (χ3n) is 2.65. The first-order chi connectivity index (χ1) is 8.89. The Labute approximate surface area is 120 Å². The minimum atomic E-state index is -3.17. The minimum Gasteiger partial charge on any atom is -0.314 e. The Morgan fingerprint density at radius 3 is 2.63 bits per heavy atom. The van der Waals surface area contributed by atoms with Crippen LogP contribution in [-0.2, 0) is 16.4 Å². The molecule has 0 aliphatic heterocycles. The van der Waals surface area contributed by atoms with Crippen LogP contribution in [0.4, 0.5) is 0 Å². The molecule has 1 unspecified atom stereocenters. The van der Waals surface area contributed by atoms with Gasteiger partial charge in [0.15, 0.2) is 0 Å². The molecule has 1 rings (SSSR count). The maximum Gasteiger partial charge on any atom is 0.211 e. The first kappa shape index (κ1) is 16.6. The molecule has 2 N–H and O–H groups in total. The van der Waals surface area contributed by atoms with E-state index in [-0.39, 0.29) is 11.8 Å². The Bertz CT molecular complexity index is 441. The Hall–Kier alpha value is -0.430. The molecule has 0 aliphatic rings. The summed E-state index contributed by atoms with van der Waals surface area (Å²) >= 11 is 1.63. The average Bonchev–Trinajstić information content (AvgIpc) is 2.76. The molecular formula is C13H24N2O2S2. The monoisotopic (exact) mass is 304 g/mol. The van der Waals surface area contributed by atoms with Gasteiger partial charge in [-0.1, -0.05) is 13.8 Å². The number of nitrogens with one attached hydrogen (secondary N) is 2. The van der Waals surface area contributed by atoms with Crippen molar-refractivity contribution in [2.75, 3.05) is 12.3 Å². The molecule has 1 aromatic rings. The van der Waals surface area contributed by atoms with Crippen molar-refractivity contribution in [3.05, 3.63) is 22.4 Å². The summed E-state index contributed by atoms with van der Waals surface area (Å²) in [5.41, 5.74) is 1.18. The molecule has 0 bridgehead atoms. The lowest BCUT2D eigenvalue weighted by molar-refractivity contribution is 0.547. The second-order valence-electron chi connectivity index (χ2n) is 5.14. The maximum absolute atomic E-state index is 11.9. The number of hydrogen-bond acceptors (Lipinski definition) is 4. The first-order valence-electron chi connectivity index (χ1n) is 6.63. The van der Waals surface area contributed by atoms with E-state index in [9.17, 15) is 8.42 Å². The number of rotatable bonds is 9. The lowest BCUT2D eigenvalue weighted by Gasteiger charge is -2.14. The lowest BCUT2D eigenvalue weighted by Crippen LogP contribution is -2.36. The molecule has 19 heavy (non-hydrogen) atoms. The molecule has 4 nitrogen and oxygen atoms in total. The van der Waals surface area contributed by atoms with Crippen LogP contribution >= 0.6 is 11.3 Å². The molecule has 6 heteroatoms. The molecule has 110 valence electrons. The van der Waals surface area contributed by atoms with E-state index in [4.69, 9.17) is 0 Å². The first-order valence-corrected chi connectivity index (χ1v) is 9.23. The summed E-state index contributed by atoms with van der Waals surface area (Å²) < 4.78 is 26.5. The van der Waals surface area contributed by atoms with E-state index in [1.807, 2.05) is 18.4 Å². The van der Waals surface area contributed by atoms with Crippen LogP contribution in [0.3, 0.4) is 0 Å². The van der Waals surface area contributed by atoms with Crippen LogP contribution in [0.2, 0.25) is 0 Å². The van der Waals surface area contributed by atoms with E-state index < -0.39 is 10.0 Å². The van der Waals surface area contributed by atoms with Crippen molar-refractivity contribution in [1.82, 2.24) is 10.0 Å². The molecule has 0 aromatic carbocycles. The van der Waals surface area contributed by atoms with Gasteiger partial charge in [-0.2, -0.15) is 11.3 Å². The molecule has 0 spiro atoms. The quantitative estimate of drug-likeness (QED) is 0.686. The van der Waals surface area contributed by atoms with Crippen molar-refractivity contribution in [3.8, 4) is 0 Å². The van der Waals surface area contributed by atoms with E-state index in [1.54, 1.807) is 11.3 Å². The fourth-order valence-electron chi connectivity index (χ4n) is 1.82. The predicted molar refractivity (Wildman–Crippen MR) is 82.2 cm³/mol. The third kappa shape index (κ3) is 7.67. The molecule has 1 heterocycles. The smallest absolute Gasteiger partial charge is 0.211 e. The molecule has 0 saturated heterocycles. The van der Waals surface area contributed by atoms with Gasteiger partial charge in [0.1, 0.15) is 0 Å². The van der Waals surface area contributed by atoms with E-state index in [0.29, 0.717) is 12.5 Å². The Kier molecular flexibility index (Phi) is 6.99. The zero-order valence-electron chi connectivity index (χ0n) is 11.8. The van der Waals surface area contributed by atoms with E-state index in [0.717, 1.165) is 13.0 Å². The van der Waals surface area contributed by atoms with E-state index in [2.05, 4.69) is 29.3 Å². The Morgan fingerprint density at radius 1 is 1.32 bits per heavy atom. The van der Waals surface area contributed by atoms with Gasteiger partial charge in [-0.05, 0) is 48.7 Å². The minimum absolute atomic E-state index is 0.0577. The standard InChI is InChI=1S/C13H24N2O2S2/c1-11(2)14-6-4-8-19(16,17)15-12(3)9-13-5-7-18-10-13/h5,7,10-12,14-15H,4,6,8-9H2,1-3H3. The van der Waals surface area contributed by atoms with Gasteiger partial charge in [0.2, 0.25) is 10.0 Å². The summed E-state index contributed by atoms with van der Waals surface area (Å²) in [6.07, 6.45) is 1.38. The Balaban J connectivity index is 2.29. The second kappa shape index (κ2) is 7.99. The molecule has 1 atom stereocenters. The fraction of sp³-hybridized carbons (Fsp3) is 0.692. The summed E-state index contributed by atoms with van der Waals surface area (Å²) in [5, 5.41) is 7.28. The van der Waals surface area contributed by atoms with E-state index >= 15 is 0 Å². The summed E-state index contributed by atoms with van der Waals surface area (Å²) in [4.78, 5) is 0. The zero-order valence-corrected chi connectivity index (χ0v) is 13.5.